The van der Waals surface area contributed by atoms with Crippen molar-refractivity contribution in [1.29, 1.82) is 0 Å². The molecule has 3 nitrogen and oxygen atoms in total. The van der Waals surface area contributed by atoms with Crippen LogP contribution in [0.2, 0.25) is 0 Å². The summed E-state index contributed by atoms with van der Waals surface area (Å²) in [6.07, 6.45) is 1.03. The van der Waals surface area contributed by atoms with Gasteiger partial charge in [-0.25, -0.2) is 4.39 Å². The second-order valence-electron chi connectivity index (χ2n) is 4.12. The van der Waals surface area contributed by atoms with Gasteiger partial charge in [0, 0.05) is 18.7 Å². The van der Waals surface area contributed by atoms with Crippen LogP contribution in [0.15, 0.2) is 18.2 Å². The molecule has 0 atom stereocenters. The van der Waals surface area contributed by atoms with Crippen molar-refractivity contribution >= 4 is 5.69 Å². The molecular formula is C12H16FNO2. The Bertz CT molecular complexity index is 362. The fourth-order valence-electron chi connectivity index (χ4n) is 2.13. The molecule has 0 amide bonds. The second-order valence-corrected chi connectivity index (χ2v) is 4.12. The largest absolute Gasteiger partial charge is 0.393 e. The molecule has 1 fully saturated rings. The van der Waals surface area contributed by atoms with Crippen LogP contribution in [-0.2, 0) is 6.61 Å². The molecule has 0 bridgehead atoms. The normalized spacial score (nSPS) is 17.8. The summed E-state index contributed by atoms with van der Waals surface area (Å²) in [5.74, 6) is -0.303. The van der Waals surface area contributed by atoms with Gasteiger partial charge in [0.05, 0.1) is 18.4 Å². The van der Waals surface area contributed by atoms with Crippen LogP contribution >= 0.6 is 0 Å². The lowest BCUT2D eigenvalue weighted by Crippen LogP contribution is -2.36. The van der Waals surface area contributed by atoms with Crippen molar-refractivity contribution in [1.82, 2.24) is 0 Å². The van der Waals surface area contributed by atoms with Gasteiger partial charge < -0.3 is 15.1 Å². The Morgan fingerprint density at radius 1 is 1.31 bits per heavy atom. The molecule has 1 aromatic rings. The van der Waals surface area contributed by atoms with Gasteiger partial charge in [0.15, 0.2) is 0 Å². The van der Waals surface area contributed by atoms with Crippen molar-refractivity contribution < 1.29 is 14.6 Å². The highest BCUT2D eigenvalue weighted by atomic mass is 19.1. The van der Waals surface area contributed by atoms with Crippen molar-refractivity contribution in [2.45, 2.75) is 25.6 Å². The summed E-state index contributed by atoms with van der Waals surface area (Å²) in [6.45, 7) is 1.11. The van der Waals surface area contributed by atoms with Crippen LogP contribution in [0.4, 0.5) is 10.1 Å². The topological polar surface area (TPSA) is 43.7 Å². The van der Waals surface area contributed by atoms with E-state index in [0.717, 1.165) is 0 Å². The predicted octanol–water partition coefficient (Wildman–Crippen LogP) is 1.28. The molecular weight excluding hydrogens is 209 g/mol. The number of hydrogen-bond donors (Lipinski definition) is 2. The number of anilines is 1. The van der Waals surface area contributed by atoms with Gasteiger partial charge in [-0.15, -0.1) is 0 Å². The molecule has 2 rings (SSSR count). The van der Waals surface area contributed by atoms with Gasteiger partial charge in [0.2, 0.25) is 0 Å². The third-order valence-electron chi connectivity index (χ3n) is 3.02. The van der Waals surface area contributed by atoms with Crippen molar-refractivity contribution in [2.75, 3.05) is 18.0 Å². The van der Waals surface area contributed by atoms with Crippen LogP contribution in [0.3, 0.4) is 0 Å². The lowest BCUT2D eigenvalue weighted by Gasteiger charge is -2.32. The highest BCUT2D eigenvalue weighted by Crippen LogP contribution is 2.27. The quantitative estimate of drug-likeness (QED) is 0.797. The molecule has 2 N–H and O–H groups in total. The Morgan fingerprint density at radius 3 is 2.62 bits per heavy atom. The van der Waals surface area contributed by atoms with E-state index in [-0.39, 0.29) is 18.5 Å². The maximum atomic E-state index is 13.7. The Hall–Kier alpha value is -1.13. The van der Waals surface area contributed by atoms with Gasteiger partial charge in [-0.3, -0.25) is 0 Å². The SMILES string of the molecule is OCc1cccc(F)c1N1CCC(O)CC1. The zero-order valence-corrected chi connectivity index (χ0v) is 9.06. The highest BCUT2D eigenvalue weighted by molar-refractivity contribution is 5.55. The fraction of sp³-hybridized carbons (Fsp3) is 0.500. The average molecular weight is 225 g/mol. The van der Waals surface area contributed by atoms with Crippen molar-refractivity contribution in [3.8, 4) is 0 Å². The van der Waals surface area contributed by atoms with Gasteiger partial charge in [-0.05, 0) is 18.9 Å². The number of para-hydroxylation sites is 1. The minimum absolute atomic E-state index is 0.161. The molecule has 1 aliphatic heterocycles. The first-order valence-corrected chi connectivity index (χ1v) is 5.53. The lowest BCUT2D eigenvalue weighted by atomic mass is 10.1. The van der Waals surface area contributed by atoms with Crippen LogP contribution in [0.1, 0.15) is 18.4 Å². The van der Waals surface area contributed by atoms with Gasteiger partial charge in [-0.1, -0.05) is 12.1 Å². The fourth-order valence-corrected chi connectivity index (χ4v) is 2.13. The molecule has 0 saturated carbocycles. The summed E-state index contributed by atoms with van der Waals surface area (Å²) in [6, 6.07) is 4.73. The third-order valence-corrected chi connectivity index (χ3v) is 3.02. The Morgan fingerprint density at radius 2 is 2.00 bits per heavy atom. The molecule has 0 unspecified atom stereocenters. The second kappa shape index (κ2) is 4.80. The first-order chi connectivity index (χ1) is 7.72. The molecule has 1 saturated heterocycles. The smallest absolute Gasteiger partial charge is 0.146 e. The van der Waals surface area contributed by atoms with E-state index >= 15 is 0 Å². The summed E-state index contributed by atoms with van der Waals surface area (Å²) >= 11 is 0. The number of halogens is 1. The van der Waals surface area contributed by atoms with Gasteiger partial charge in [0.1, 0.15) is 5.82 Å². The molecule has 0 spiro atoms. The zero-order valence-electron chi connectivity index (χ0n) is 9.06. The van der Waals surface area contributed by atoms with E-state index in [2.05, 4.69) is 0 Å². The summed E-state index contributed by atoms with van der Waals surface area (Å²) in [5, 5.41) is 18.6. The van der Waals surface area contributed by atoms with Gasteiger partial charge >= 0.3 is 0 Å². The van der Waals surface area contributed by atoms with Crippen LogP contribution in [-0.4, -0.2) is 29.4 Å². The standard InChI is InChI=1S/C12H16FNO2/c13-11-3-1-2-9(8-15)12(11)14-6-4-10(16)5-7-14/h1-3,10,15-16H,4-8H2. The minimum atomic E-state index is -0.303. The van der Waals surface area contributed by atoms with E-state index in [9.17, 15) is 14.6 Å². The molecule has 88 valence electrons. The number of hydrogen-bond acceptors (Lipinski definition) is 3. The zero-order chi connectivity index (χ0) is 11.5. The van der Waals surface area contributed by atoms with Gasteiger partial charge in [-0.2, -0.15) is 0 Å². The summed E-state index contributed by atoms with van der Waals surface area (Å²) in [5.41, 5.74) is 1.09. The van der Waals surface area contributed by atoms with E-state index in [4.69, 9.17) is 0 Å². The molecule has 4 heteroatoms. The van der Waals surface area contributed by atoms with Crippen LogP contribution in [0.5, 0.6) is 0 Å². The van der Waals surface area contributed by atoms with Crippen molar-refractivity contribution in [3.63, 3.8) is 0 Å². The monoisotopic (exact) mass is 225 g/mol. The molecule has 16 heavy (non-hydrogen) atoms. The third kappa shape index (κ3) is 2.18. The molecule has 1 aliphatic rings. The number of aliphatic hydroxyl groups is 2. The number of aliphatic hydroxyl groups excluding tert-OH is 2. The predicted molar refractivity (Wildman–Crippen MR) is 59.8 cm³/mol. The number of piperidine rings is 1. The van der Waals surface area contributed by atoms with Gasteiger partial charge in [0.25, 0.3) is 0 Å². The maximum absolute atomic E-state index is 13.7. The summed E-state index contributed by atoms with van der Waals surface area (Å²) in [4.78, 5) is 1.90. The van der Waals surface area contributed by atoms with E-state index < -0.39 is 0 Å². The molecule has 0 radical (unpaired) electrons. The van der Waals surface area contributed by atoms with E-state index in [1.54, 1.807) is 12.1 Å². The molecule has 1 aromatic carbocycles. The van der Waals surface area contributed by atoms with Crippen LogP contribution < -0.4 is 4.90 Å². The first kappa shape index (κ1) is 11.4. The summed E-state index contributed by atoms with van der Waals surface area (Å²) in [7, 11) is 0. The Labute approximate surface area is 94.1 Å². The van der Waals surface area contributed by atoms with Crippen molar-refractivity contribution in [2.24, 2.45) is 0 Å². The first-order valence-electron chi connectivity index (χ1n) is 5.53. The Balaban J connectivity index is 2.25. The Kier molecular flexibility index (Phi) is 3.41. The average Bonchev–Trinajstić information content (AvgIpc) is 2.30. The van der Waals surface area contributed by atoms with Crippen molar-refractivity contribution in [3.05, 3.63) is 29.6 Å². The van der Waals surface area contributed by atoms with E-state index in [1.807, 2.05) is 4.90 Å². The molecule has 0 aliphatic carbocycles. The lowest BCUT2D eigenvalue weighted by molar-refractivity contribution is 0.145. The maximum Gasteiger partial charge on any atom is 0.146 e. The number of benzene rings is 1. The number of rotatable bonds is 2. The summed E-state index contributed by atoms with van der Waals surface area (Å²) < 4.78 is 13.7. The minimum Gasteiger partial charge on any atom is -0.393 e. The molecule has 0 aromatic heterocycles. The van der Waals surface area contributed by atoms with E-state index in [0.29, 0.717) is 37.2 Å². The highest BCUT2D eigenvalue weighted by Gasteiger charge is 2.21. The van der Waals surface area contributed by atoms with Crippen LogP contribution in [0.25, 0.3) is 0 Å². The van der Waals surface area contributed by atoms with E-state index in [1.165, 1.54) is 6.07 Å². The molecule has 1 heterocycles. The van der Waals surface area contributed by atoms with Crippen LogP contribution in [0, 0.1) is 5.82 Å². The number of nitrogens with zero attached hydrogens (tertiary/aromatic N) is 1.